The van der Waals surface area contributed by atoms with E-state index in [2.05, 4.69) is 10.2 Å². The van der Waals surface area contributed by atoms with E-state index in [0.717, 1.165) is 11.3 Å². The Morgan fingerprint density at radius 1 is 1.26 bits per heavy atom. The van der Waals surface area contributed by atoms with E-state index in [1.54, 1.807) is 0 Å². The van der Waals surface area contributed by atoms with Crippen LogP contribution in [0.5, 0.6) is 5.75 Å². The third-order valence-electron chi connectivity index (χ3n) is 2.75. The van der Waals surface area contributed by atoms with Gasteiger partial charge in [-0.2, -0.15) is 0 Å². The van der Waals surface area contributed by atoms with Crippen molar-refractivity contribution in [3.63, 3.8) is 0 Å². The Balaban J connectivity index is 1.57. The molecule has 0 spiro atoms. The van der Waals surface area contributed by atoms with Gasteiger partial charge in [-0.1, -0.05) is 6.07 Å². The highest BCUT2D eigenvalue weighted by atomic mass is 16.7. The van der Waals surface area contributed by atoms with Crippen LogP contribution in [0.4, 0.5) is 0 Å². The fraction of sp³-hybridized carbons (Fsp3) is 0.385. The smallest absolute Gasteiger partial charge is 0.247 e. The van der Waals surface area contributed by atoms with Crippen LogP contribution in [-0.2, 0) is 9.47 Å². The minimum absolute atomic E-state index is 0.140. The van der Waals surface area contributed by atoms with Crippen molar-refractivity contribution in [2.75, 3.05) is 19.8 Å². The van der Waals surface area contributed by atoms with Crippen molar-refractivity contribution in [1.29, 1.82) is 0 Å². The maximum absolute atomic E-state index is 5.66. The monoisotopic (exact) mass is 262 g/mol. The first kappa shape index (κ1) is 12.1. The number of ether oxygens (including phenoxy) is 3. The van der Waals surface area contributed by atoms with Gasteiger partial charge in [0.25, 0.3) is 0 Å². The first-order valence-electron chi connectivity index (χ1n) is 6.14. The Hall–Kier alpha value is -1.92. The summed E-state index contributed by atoms with van der Waals surface area (Å²) in [5.41, 5.74) is 0.836. The van der Waals surface area contributed by atoms with Gasteiger partial charge >= 0.3 is 0 Å². The van der Waals surface area contributed by atoms with Gasteiger partial charge in [-0.05, 0) is 18.2 Å². The first-order valence-corrected chi connectivity index (χ1v) is 6.14. The van der Waals surface area contributed by atoms with Crippen LogP contribution >= 0.6 is 0 Å². The average molecular weight is 262 g/mol. The summed E-state index contributed by atoms with van der Waals surface area (Å²) < 4.78 is 21.5. The van der Waals surface area contributed by atoms with Crippen LogP contribution in [0.1, 0.15) is 6.42 Å². The molecule has 1 aromatic carbocycles. The highest BCUT2D eigenvalue weighted by Crippen LogP contribution is 2.22. The number of benzene rings is 1. The molecular formula is C13H14N2O4. The van der Waals surface area contributed by atoms with Gasteiger partial charge in [-0.25, -0.2) is 0 Å². The molecule has 2 heterocycles. The highest BCUT2D eigenvalue weighted by molar-refractivity contribution is 5.55. The van der Waals surface area contributed by atoms with Crippen molar-refractivity contribution in [1.82, 2.24) is 10.2 Å². The predicted molar refractivity (Wildman–Crippen MR) is 65.5 cm³/mol. The van der Waals surface area contributed by atoms with Gasteiger partial charge in [0.05, 0.1) is 19.8 Å². The summed E-state index contributed by atoms with van der Waals surface area (Å²) in [6, 6.07) is 7.53. The lowest BCUT2D eigenvalue weighted by Crippen LogP contribution is -2.12. The molecule has 1 aliphatic rings. The molecule has 0 unspecified atom stereocenters. The van der Waals surface area contributed by atoms with Gasteiger partial charge in [-0.15, -0.1) is 10.2 Å². The molecule has 3 rings (SSSR count). The van der Waals surface area contributed by atoms with Crippen molar-refractivity contribution in [3.8, 4) is 17.2 Å². The van der Waals surface area contributed by atoms with E-state index in [0.29, 0.717) is 32.1 Å². The maximum atomic E-state index is 5.66. The van der Waals surface area contributed by atoms with Gasteiger partial charge < -0.3 is 18.6 Å². The fourth-order valence-electron chi connectivity index (χ4n) is 1.86. The second-order valence-corrected chi connectivity index (χ2v) is 4.08. The van der Waals surface area contributed by atoms with E-state index >= 15 is 0 Å². The molecular weight excluding hydrogens is 248 g/mol. The molecule has 1 fully saturated rings. The van der Waals surface area contributed by atoms with Crippen LogP contribution in [0.25, 0.3) is 11.5 Å². The normalized spacial score (nSPS) is 15.8. The zero-order valence-corrected chi connectivity index (χ0v) is 10.3. The Kier molecular flexibility index (Phi) is 3.71. The van der Waals surface area contributed by atoms with Crippen LogP contribution in [0, 0.1) is 0 Å². The second-order valence-electron chi connectivity index (χ2n) is 4.08. The standard InChI is InChI=1S/C13H14N2O4/c1-2-10(13-15-14-9-19-13)8-11(3-1)16-5-4-12-17-6-7-18-12/h1-3,8-9,12H,4-7H2. The molecule has 0 aliphatic carbocycles. The number of hydrogen-bond donors (Lipinski definition) is 0. The van der Waals surface area contributed by atoms with Crippen molar-refractivity contribution >= 4 is 0 Å². The van der Waals surface area contributed by atoms with Crippen LogP contribution < -0.4 is 4.74 Å². The zero-order chi connectivity index (χ0) is 12.9. The summed E-state index contributed by atoms with van der Waals surface area (Å²) >= 11 is 0. The SMILES string of the molecule is c1cc(OCCC2OCCO2)cc(-c2nnco2)c1. The largest absolute Gasteiger partial charge is 0.493 e. The highest BCUT2D eigenvalue weighted by Gasteiger charge is 2.15. The van der Waals surface area contributed by atoms with Crippen molar-refractivity contribution in [3.05, 3.63) is 30.7 Å². The summed E-state index contributed by atoms with van der Waals surface area (Å²) in [7, 11) is 0. The van der Waals surface area contributed by atoms with Crippen molar-refractivity contribution in [2.24, 2.45) is 0 Å². The molecule has 1 aromatic heterocycles. The molecule has 0 bridgehead atoms. The molecule has 6 heteroatoms. The number of hydrogen-bond acceptors (Lipinski definition) is 6. The average Bonchev–Trinajstić information content (AvgIpc) is 3.12. The zero-order valence-electron chi connectivity index (χ0n) is 10.3. The quantitative estimate of drug-likeness (QED) is 0.819. The first-order chi connectivity index (χ1) is 9.42. The van der Waals surface area contributed by atoms with Crippen LogP contribution in [0.2, 0.25) is 0 Å². The third-order valence-corrected chi connectivity index (χ3v) is 2.75. The van der Waals surface area contributed by atoms with Crippen molar-refractivity contribution in [2.45, 2.75) is 12.7 Å². The molecule has 0 saturated carbocycles. The maximum Gasteiger partial charge on any atom is 0.247 e. The molecule has 2 aromatic rings. The fourth-order valence-corrected chi connectivity index (χ4v) is 1.86. The second kappa shape index (κ2) is 5.81. The number of rotatable bonds is 5. The topological polar surface area (TPSA) is 66.6 Å². The molecule has 0 amide bonds. The van der Waals surface area contributed by atoms with Gasteiger partial charge in [0.2, 0.25) is 12.3 Å². The third kappa shape index (κ3) is 3.10. The van der Waals surface area contributed by atoms with Gasteiger partial charge in [0, 0.05) is 12.0 Å². The number of nitrogens with zero attached hydrogens (tertiary/aromatic N) is 2. The lowest BCUT2D eigenvalue weighted by molar-refractivity contribution is -0.0531. The summed E-state index contributed by atoms with van der Waals surface area (Å²) in [5.74, 6) is 1.24. The molecule has 6 nitrogen and oxygen atoms in total. The van der Waals surface area contributed by atoms with Crippen LogP contribution in [0.3, 0.4) is 0 Å². The lowest BCUT2D eigenvalue weighted by atomic mass is 10.2. The molecule has 0 radical (unpaired) electrons. The molecule has 100 valence electrons. The molecule has 0 atom stereocenters. The Morgan fingerprint density at radius 3 is 2.95 bits per heavy atom. The minimum Gasteiger partial charge on any atom is -0.493 e. The van der Waals surface area contributed by atoms with Crippen LogP contribution in [-0.4, -0.2) is 36.3 Å². The van der Waals surface area contributed by atoms with E-state index in [-0.39, 0.29) is 6.29 Å². The van der Waals surface area contributed by atoms with E-state index in [1.807, 2.05) is 24.3 Å². The van der Waals surface area contributed by atoms with Crippen molar-refractivity contribution < 1.29 is 18.6 Å². The van der Waals surface area contributed by atoms with Gasteiger partial charge in [0.15, 0.2) is 6.29 Å². The van der Waals surface area contributed by atoms with Crippen LogP contribution in [0.15, 0.2) is 35.1 Å². The predicted octanol–water partition coefficient (Wildman–Crippen LogP) is 1.88. The van der Waals surface area contributed by atoms with Gasteiger partial charge in [0.1, 0.15) is 5.75 Å². The Morgan fingerprint density at radius 2 is 2.16 bits per heavy atom. The summed E-state index contributed by atoms with van der Waals surface area (Å²) in [6.07, 6.45) is 1.88. The lowest BCUT2D eigenvalue weighted by Gasteiger charge is -2.10. The molecule has 19 heavy (non-hydrogen) atoms. The van der Waals surface area contributed by atoms with E-state index in [1.165, 1.54) is 6.39 Å². The van der Waals surface area contributed by atoms with E-state index in [9.17, 15) is 0 Å². The number of aromatic nitrogens is 2. The molecule has 0 N–H and O–H groups in total. The Bertz CT molecular complexity index is 509. The molecule has 1 saturated heterocycles. The van der Waals surface area contributed by atoms with Gasteiger partial charge in [-0.3, -0.25) is 0 Å². The van der Waals surface area contributed by atoms with E-state index in [4.69, 9.17) is 18.6 Å². The Labute approximate surface area is 110 Å². The molecule has 1 aliphatic heterocycles. The minimum atomic E-state index is -0.140. The summed E-state index contributed by atoms with van der Waals surface area (Å²) in [4.78, 5) is 0. The van der Waals surface area contributed by atoms with E-state index < -0.39 is 0 Å². The summed E-state index contributed by atoms with van der Waals surface area (Å²) in [6.45, 7) is 1.87. The summed E-state index contributed by atoms with van der Waals surface area (Å²) in [5, 5.41) is 7.51.